The van der Waals surface area contributed by atoms with Gasteiger partial charge in [-0.15, -0.1) is 0 Å². The number of carbonyl (C=O) groups excluding carboxylic acids is 2. The first-order valence-corrected chi connectivity index (χ1v) is 10.3. The van der Waals surface area contributed by atoms with Crippen LogP contribution in [-0.4, -0.2) is 57.2 Å². The summed E-state index contributed by atoms with van der Waals surface area (Å²) < 4.78 is 5.34. The first-order valence-electron chi connectivity index (χ1n) is 10.3. The molecule has 1 saturated carbocycles. The van der Waals surface area contributed by atoms with Crippen molar-refractivity contribution in [1.82, 2.24) is 25.3 Å². The normalized spacial score (nSPS) is 33.5. The highest BCUT2D eigenvalue weighted by Crippen LogP contribution is 2.46. The third kappa shape index (κ3) is 3.54. The molecule has 4 rings (SSSR count). The van der Waals surface area contributed by atoms with Gasteiger partial charge in [-0.05, 0) is 56.9 Å². The number of rotatable bonds is 3. The quantitative estimate of drug-likeness (QED) is 0.799. The number of amides is 3. The summed E-state index contributed by atoms with van der Waals surface area (Å²) in [5.74, 6) is 1.79. The SMILES string of the molecule is Cc1noc(C2CCCN(CN3C(=O)NC4(CC(C)CC(C)(C)C4)C3=O)C2)n1. The topological polar surface area (TPSA) is 91.6 Å². The molecule has 3 unspecified atom stereocenters. The summed E-state index contributed by atoms with van der Waals surface area (Å²) in [6.45, 7) is 10.3. The Morgan fingerprint density at radius 2 is 2.07 bits per heavy atom. The van der Waals surface area contributed by atoms with E-state index in [4.69, 9.17) is 4.52 Å². The molecule has 154 valence electrons. The standard InChI is InChI=1S/C20H31N5O3/c1-13-8-19(3,4)11-20(9-13)17(26)25(18(27)22-20)12-24-7-5-6-15(10-24)16-21-14(2)23-28-16/h13,15H,5-12H2,1-4H3,(H,22,27). The lowest BCUT2D eigenvalue weighted by Gasteiger charge is -2.44. The number of urea groups is 1. The molecule has 1 aromatic heterocycles. The number of hydrogen-bond donors (Lipinski definition) is 1. The molecule has 0 bridgehead atoms. The number of aryl methyl sites for hydroxylation is 1. The Kier molecular flexibility index (Phi) is 4.72. The van der Waals surface area contributed by atoms with Crippen LogP contribution in [0.2, 0.25) is 0 Å². The van der Waals surface area contributed by atoms with Crippen LogP contribution in [0.25, 0.3) is 0 Å². The predicted octanol–water partition coefficient (Wildman–Crippen LogP) is 2.65. The highest BCUT2D eigenvalue weighted by molar-refractivity contribution is 6.07. The van der Waals surface area contributed by atoms with Gasteiger partial charge in [-0.25, -0.2) is 9.69 Å². The van der Waals surface area contributed by atoms with Crippen molar-refractivity contribution in [2.45, 2.75) is 71.3 Å². The van der Waals surface area contributed by atoms with E-state index in [0.29, 0.717) is 37.3 Å². The largest absolute Gasteiger partial charge is 0.339 e. The summed E-state index contributed by atoms with van der Waals surface area (Å²) in [4.78, 5) is 34.0. The van der Waals surface area contributed by atoms with Crippen LogP contribution in [0, 0.1) is 18.3 Å². The van der Waals surface area contributed by atoms with Gasteiger partial charge in [0.2, 0.25) is 5.89 Å². The molecule has 1 spiro atoms. The molecule has 8 nitrogen and oxygen atoms in total. The molecule has 0 aromatic carbocycles. The van der Waals surface area contributed by atoms with Gasteiger partial charge in [-0.1, -0.05) is 25.9 Å². The van der Waals surface area contributed by atoms with Crippen LogP contribution in [0.3, 0.4) is 0 Å². The average Bonchev–Trinajstić information content (AvgIpc) is 3.11. The van der Waals surface area contributed by atoms with Gasteiger partial charge in [0.05, 0.1) is 12.6 Å². The Balaban J connectivity index is 1.46. The fourth-order valence-electron chi connectivity index (χ4n) is 5.70. The minimum Gasteiger partial charge on any atom is -0.339 e. The van der Waals surface area contributed by atoms with Gasteiger partial charge in [0, 0.05) is 6.54 Å². The lowest BCUT2D eigenvalue weighted by Crippen LogP contribution is -2.54. The lowest BCUT2D eigenvalue weighted by atomic mass is 9.64. The van der Waals surface area contributed by atoms with E-state index >= 15 is 0 Å². The maximum absolute atomic E-state index is 13.3. The summed E-state index contributed by atoms with van der Waals surface area (Å²) in [5.41, 5.74) is -0.695. The van der Waals surface area contributed by atoms with Crippen molar-refractivity contribution < 1.29 is 14.1 Å². The van der Waals surface area contributed by atoms with E-state index in [2.05, 4.69) is 41.1 Å². The first kappa shape index (κ1) is 19.4. The second-order valence-electron chi connectivity index (χ2n) is 9.84. The van der Waals surface area contributed by atoms with Crippen molar-refractivity contribution in [3.05, 3.63) is 11.7 Å². The number of nitrogens with zero attached hydrogens (tertiary/aromatic N) is 4. The molecule has 3 heterocycles. The van der Waals surface area contributed by atoms with Gasteiger partial charge in [0.1, 0.15) is 5.54 Å². The van der Waals surface area contributed by atoms with Crippen LogP contribution < -0.4 is 5.32 Å². The molecule has 3 amide bonds. The zero-order valence-corrected chi connectivity index (χ0v) is 17.3. The molecule has 8 heteroatoms. The maximum Gasteiger partial charge on any atom is 0.326 e. The van der Waals surface area contributed by atoms with E-state index in [1.54, 1.807) is 0 Å². The number of piperidine rings is 1. The van der Waals surface area contributed by atoms with E-state index in [0.717, 1.165) is 32.2 Å². The predicted molar refractivity (Wildman–Crippen MR) is 102 cm³/mol. The van der Waals surface area contributed by atoms with Crippen molar-refractivity contribution in [3.8, 4) is 0 Å². The molecular formula is C20H31N5O3. The van der Waals surface area contributed by atoms with Crippen molar-refractivity contribution in [3.63, 3.8) is 0 Å². The summed E-state index contributed by atoms with van der Waals surface area (Å²) in [6, 6.07) is -0.259. The molecule has 1 aromatic rings. The van der Waals surface area contributed by atoms with Crippen LogP contribution in [-0.2, 0) is 4.79 Å². The van der Waals surface area contributed by atoms with Crippen LogP contribution in [0.15, 0.2) is 4.52 Å². The molecule has 3 aliphatic rings. The summed E-state index contributed by atoms with van der Waals surface area (Å²) >= 11 is 0. The highest BCUT2D eigenvalue weighted by Gasteiger charge is 2.56. The molecular weight excluding hydrogens is 358 g/mol. The fraction of sp³-hybridized carbons (Fsp3) is 0.800. The van der Waals surface area contributed by atoms with E-state index in [1.807, 2.05) is 6.92 Å². The van der Waals surface area contributed by atoms with Gasteiger partial charge in [-0.2, -0.15) is 4.98 Å². The Hall–Kier alpha value is -1.96. The van der Waals surface area contributed by atoms with E-state index in [1.165, 1.54) is 4.90 Å². The van der Waals surface area contributed by atoms with Crippen molar-refractivity contribution in [2.75, 3.05) is 19.8 Å². The van der Waals surface area contributed by atoms with Gasteiger partial charge in [0.15, 0.2) is 5.82 Å². The van der Waals surface area contributed by atoms with Gasteiger partial charge in [-0.3, -0.25) is 9.69 Å². The van der Waals surface area contributed by atoms with E-state index < -0.39 is 5.54 Å². The maximum atomic E-state index is 13.3. The fourth-order valence-corrected chi connectivity index (χ4v) is 5.70. The first-order chi connectivity index (χ1) is 13.2. The smallest absolute Gasteiger partial charge is 0.326 e. The molecule has 1 aliphatic carbocycles. The molecule has 2 aliphatic heterocycles. The number of carbonyl (C=O) groups is 2. The third-order valence-corrected chi connectivity index (χ3v) is 6.36. The van der Waals surface area contributed by atoms with Crippen LogP contribution in [0.1, 0.15) is 70.5 Å². The summed E-state index contributed by atoms with van der Waals surface area (Å²) in [7, 11) is 0. The second kappa shape index (κ2) is 6.83. The zero-order chi connectivity index (χ0) is 20.1. The van der Waals surface area contributed by atoms with Gasteiger partial charge < -0.3 is 9.84 Å². The van der Waals surface area contributed by atoms with Gasteiger partial charge >= 0.3 is 6.03 Å². The number of hydrogen-bond acceptors (Lipinski definition) is 6. The second-order valence-corrected chi connectivity index (χ2v) is 9.84. The van der Waals surface area contributed by atoms with Gasteiger partial charge in [0.25, 0.3) is 5.91 Å². The Morgan fingerprint density at radius 3 is 2.75 bits per heavy atom. The lowest BCUT2D eigenvalue weighted by molar-refractivity contribution is -0.136. The number of nitrogens with one attached hydrogen (secondary N) is 1. The number of imide groups is 1. The number of aromatic nitrogens is 2. The minimum absolute atomic E-state index is 0.0443. The Labute approximate surface area is 166 Å². The average molecular weight is 390 g/mol. The van der Waals surface area contributed by atoms with Crippen molar-refractivity contribution >= 4 is 11.9 Å². The van der Waals surface area contributed by atoms with Crippen molar-refractivity contribution in [1.29, 1.82) is 0 Å². The molecule has 1 N–H and O–H groups in total. The van der Waals surface area contributed by atoms with Crippen LogP contribution in [0.5, 0.6) is 0 Å². The van der Waals surface area contributed by atoms with Crippen LogP contribution >= 0.6 is 0 Å². The molecule has 2 saturated heterocycles. The third-order valence-electron chi connectivity index (χ3n) is 6.36. The zero-order valence-electron chi connectivity index (χ0n) is 17.3. The summed E-state index contributed by atoms with van der Waals surface area (Å²) in [6.07, 6.45) is 4.46. The molecule has 3 atom stereocenters. The van der Waals surface area contributed by atoms with E-state index in [-0.39, 0.29) is 23.3 Å². The highest BCUT2D eigenvalue weighted by atomic mass is 16.5. The molecule has 3 fully saturated rings. The minimum atomic E-state index is -0.739. The Bertz CT molecular complexity index is 776. The number of likely N-dealkylation sites (tertiary alicyclic amines) is 1. The molecule has 0 radical (unpaired) electrons. The van der Waals surface area contributed by atoms with Crippen molar-refractivity contribution in [2.24, 2.45) is 11.3 Å². The Morgan fingerprint density at radius 1 is 1.29 bits per heavy atom. The summed E-state index contributed by atoms with van der Waals surface area (Å²) in [5, 5.41) is 6.95. The molecule has 28 heavy (non-hydrogen) atoms. The monoisotopic (exact) mass is 389 g/mol. The van der Waals surface area contributed by atoms with Crippen LogP contribution in [0.4, 0.5) is 4.79 Å². The van der Waals surface area contributed by atoms with E-state index in [9.17, 15) is 9.59 Å².